The normalized spacial score (nSPS) is 15.0. The average Bonchev–Trinajstić information content (AvgIpc) is 2.70. The molecule has 1 aliphatic heterocycles. The van der Waals surface area contributed by atoms with Gasteiger partial charge in [-0.2, -0.15) is 0 Å². The minimum Gasteiger partial charge on any atom is -0.491 e. The number of aliphatic hydroxyl groups is 1. The molecule has 1 heterocycles. The summed E-state index contributed by atoms with van der Waals surface area (Å²) < 4.78 is 5.79. The third kappa shape index (κ3) is 6.34. The second-order valence-electron chi connectivity index (χ2n) is 7.26. The van der Waals surface area contributed by atoms with Crippen LogP contribution in [0, 0.1) is 0 Å². The van der Waals surface area contributed by atoms with Gasteiger partial charge in [-0.25, -0.2) is 0 Å². The number of nitrogens with two attached hydrogens (primary N) is 1. The second kappa shape index (κ2) is 10.2. The fourth-order valence-electron chi connectivity index (χ4n) is 3.44. The summed E-state index contributed by atoms with van der Waals surface area (Å²) in [7, 11) is 0. The number of benzene rings is 2. The maximum absolute atomic E-state index is 10.8. The molecule has 3 rings (SSSR count). The van der Waals surface area contributed by atoms with E-state index >= 15 is 0 Å². The molecule has 150 valence electrons. The van der Waals surface area contributed by atoms with Gasteiger partial charge in [-0.1, -0.05) is 36.4 Å². The van der Waals surface area contributed by atoms with Gasteiger partial charge in [0.1, 0.15) is 18.5 Å². The second-order valence-corrected chi connectivity index (χ2v) is 7.26. The molecule has 1 aliphatic rings. The number of rotatable bonds is 10. The molecule has 2 aromatic rings. The van der Waals surface area contributed by atoms with Crippen molar-refractivity contribution in [1.29, 1.82) is 0 Å². The third-order valence-electron chi connectivity index (χ3n) is 4.90. The predicted molar refractivity (Wildman–Crippen MR) is 109 cm³/mol. The quantitative estimate of drug-likeness (QED) is 0.541. The van der Waals surface area contributed by atoms with Gasteiger partial charge in [0, 0.05) is 39.1 Å². The maximum Gasteiger partial charge on any atom is 0.218 e. The fourth-order valence-corrected chi connectivity index (χ4v) is 3.44. The molecule has 1 atom stereocenters. The van der Waals surface area contributed by atoms with Crippen LogP contribution >= 0.6 is 0 Å². The van der Waals surface area contributed by atoms with Gasteiger partial charge in [-0.3, -0.25) is 9.69 Å². The zero-order valence-electron chi connectivity index (χ0n) is 16.1. The molecule has 6 heteroatoms. The van der Waals surface area contributed by atoms with Crippen molar-refractivity contribution in [3.8, 4) is 5.75 Å². The van der Waals surface area contributed by atoms with Gasteiger partial charge >= 0.3 is 0 Å². The van der Waals surface area contributed by atoms with Crippen LogP contribution in [0.2, 0.25) is 0 Å². The van der Waals surface area contributed by atoms with Crippen LogP contribution in [0.5, 0.6) is 5.75 Å². The Kier molecular flexibility index (Phi) is 7.42. The van der Waals surface area contributed by atoms with Crippen molar-refractivity contribution in [2.75, 3.05) is 26.2 Å². The number of ether oxygens (including phenoxy) is 1. The Morgan fingerprint density at radius 1 is 1.21 bits per heavy atom. The number of nitrogens with zero attached hydrogens (tertiary/aromatic N) is 1. The molecule has 1 amide bonds. The van der Waals surface area contributed by atoms with E-state index in [1.807, 2.05) is 24.3 Å². The molecule has 0 aliphatic carbocycles. The molecule has 0 fully saturated rings. The molecule has 0 saturated carbocycles. The third-order valence-corrected chi connectivity index (χ3v) is 4.90. The van der Waals surface area contributed by atoms with Gasteiger partial charge in [0.25, 0.3) is 0 Å². The number of nitrogens with one attached hydrogen (secondary N) is 1. The number of aliphatic hydroxyl groups excluding tert-OH is 1. The van der Waals surface area contributed by atoms with E-state index in [1.54, 1.807) is 0 Å². The summed E-state index contributed by atoms with van der Waals surface area (Å²) >= 11 is 0. The standard InChI is InChI=1S/C22H29N3O3/c23-22(27)8-10-24-13-17-4-3-7-21(12-17)28-16-20(26)15-25-11-9-18-5-1-2-6-19(18)14-25/h1-7,12,20,24,26H,8-11,13-16H2,(H2,23,27). The lowest BCUT2D eigenvalue weighted by Gasteiger charge is -2.30. The van der Waals surface area contributed by atoms with Crippen LogP contribution in [-0.2, 0) is 24.3 Å². The first kappa shape index (κ1) is 20.3. The molecule has 0 aromatic heterocycles. The zero-order chi connectivity index (χ0) is 19.8. The van der Waals surface area contributed by atoms with Gasteiger partial charge in [0.2, 0.25) is 5.91 Å². The molecule has 0 saturated heterocycles. The largest absolute Gasteiger partial charge is 0.491 e. The Morgan fingerprint density at radius 3 is 2.86 bits per heavy atom. The Hall–Kier alpha value is -2.41. The predicted octanol–water partition coefficient (Wildman–Crippen LogP) is 1.45. The van der Waals surface area contributed by atoms with Gasteiger partial charge in [0.05, 0.1) is 0 Å². The summed E-state index contributed by atoms with van der Waals surface area (Å²) in [5, 5.41) is 13.6. The first-order chi connectivity index (χ1) is 13.6. The van der Waals surface area contributed by atoms with Crippen molar-refractivity contribution in [3.05, 3.63) is 65.2 Å². The molecule has 6 nitrogen and oxygen atoms in total. The molecule has 4 N–H and O–H groups in total. The number of carbonyl (C=O) groups is 1. The van der Waals surface area contributed by atoms with E-state index in [2.05, 4.69) is 34.5 Å². The highest BCUT2D eigenvalue weighted by Crippen LogP contribution is 2.19. The van der Waals surface area contributed by atoms with E-state index in [9.17, 15) is 9.90 Å². The Bertz CT molecular complexity index is 781. The van der Waals surface area contributed by atoms with E-state index in [-0.39, 0.29) is 12.5 Å². The summed E-state index contributed by atoms with van der Waals surface area (Å²) in [5.41, 5.74) is 8.94. The van der Waals surface area contributed by atoms with Crippen LogP contribution in [0.1, 0.15) is 23.1 Å². The highest BCUT2D eigenvalue weighted by atomic mass is 16.5. The van der Waals surface area contributed by atoms with E-state index in [1.165, 1.54) is 11.1 Å². The first-order valence-electron chi connectivity index (χ1n) is 9.78. The molecule has 1 unspecified atom stereocenters. The van der Waals surface area contributed by atoms with Crippen molar-refractivity contribution in [1.82, 2.24) is 10.2 Å². The van der Waals surface area contributed by atoms with Crippen molar-refractivity contribution in [3.63, 3.8) is 0 Å². The van der Waals surface area contributed by atoms with Gasteiger partial charge in [-0.15, -0.1) is 0 Å². The Morgan fingerprint density at radius 2 is 2.04 bits per heavy atom. The Balaban J connectivity index is 1.41. The number of β-amino-alcohol motifs (C(OH)–C–C–N with tert-alkyl or cyclic N) is 1. The van der Waals surface area contributed by atoms with Gasteiger partial charge < -0.3 is 20.9 Å². The molecule has 0 bridgehead atoms. The van der Waals surface area contributed by atoms with Crippen LogP contribution in [-0.4, -0.2) is 48.3 Å². The number of hydrogen-bond donors (Lipinski definition) is 3. The number of fused-ring (bicyclic) bond motifs is 1. The topological polar surface area (TPSA) is 87.8 Å². The minimum absolute atomic E-state index is 0.261. The SMILES string of the molecule is NC(=O)CCNCc1cccc(OCC(O)CN2CCc3ccccc3C2)c1. The lowest BCUT2D eigenvalue weighted by Crippen LogP contribution is -2.38. The number of amides is 1. The fraction of sp³-hybridized carbons (Fsp3) is 0.409. The van der Waals surface area contributed by atoms with Gasteiger partial charge in [0.15, 0.2) is 0 Å². The van der Waals surface area contributed by atoms with Crippen molar-refractivity contribution >= 4 is 5.91 Å². The molecule has 0 spiro atoms. The van der Waals surface area contributed by atoms with E-state index in [0.29, 0.717) is 26.1 Å². The first-order valence-corrected chi connectivity index (χ1v) is 9.78. The van der Waals surface area contributed by atoms with Crippen LogP contribution < -0.4 is 15.8 Å². The lowest BCUT2D eigenvalue weighted by molar-refractivity contribution is -0.117. The van der Waals surface area contributed by atoms with Crippen molar-refractivity contribution in [2.45, 2.75) is 32.0 Å². The lowest BCUT2D eigenvalue weighted by atomic mass is 10.00. The summed E-state index contributed by atoms with van der Waals surface area (Å²) in [6.07, 6.45) is 0.806. The average molecular weight is 383 g/mol. The summed E-state index contributed by atoms with van der Waals surface area (Å²) in [5.74, 6) is 0.424. The van der Waals surface area contributed by atoms with Crippen LogP contribution in [0.15, 0.2) is 48.5 Å². The number of hydrogen-bond acceptors (Lipinski definition) is 5. The van der Waals surface area contributed by atoms with E-state index in [0.717, 1.165) is 30.8 Å². The molecular weight excluding hydrogens is 354 g/mol. The van der Waals surface area contributed by atoms with Crippen LogP contribution in [0.25, 0.3) is 0 Å². The maximum atomic E-state index is 10.8. The van der Waals surface area contributed by atoms with Gasteiger partial charge in [-0.05, 0) is 35.2 Å². The van der Waals surface area contributed by atoms with E-state index < -0.39 is 6.10 Å². The highest BCUT2D eigenvalue weighted by molar-refractivity contribution is 5.73. The number of primary amides is 1. The van der Waals surface area contributed by atoms with E-state index in [4.69, 9.17) is 10.5 Å². The minimum atomic E-state index is -0.539. The summed E-state index contributed by atoms with van der Waals surface area (Å²) in [6.45, 7) is 3.89. The van der Waals surface area contributed by atoms with Crippen LogP contribution in [0.3, 0.4) is 0 Å². The molecule has 2 aromatic carbocycles. The van der Waals surface area contributed by atoms with Crippen molar-refractivity contribution < 1.29 is 14.6 Å². The monoisotopic (exact) mass is 383 g/mol. The smallest absolute Gasteiger partial charge is 0.218 e. The van der Waals surface area contributed by atoms with Crippen LogP contribution in [0.4, 0.5) is 0 Å². The zero-order valence-corrected chi connectivity index (χ0v) is 16.1. The number of carbonyl (C=O) groups excluding carboxylic acids is 1. The van der Waals surface area contributed by atoms with Crippen molar-refractivity contribution in [2.24, 2.45) is 5.73 Å². The molecular formula is C22H29N3O3. The molecule has 0 radical (unpaired) electrons. The molecule has 28 heavy (non-hydrogen) atoms. The Labute approximate surface area is 166 Å². The summed E-state index contributed by atoms with van der Waals surface area (Å²) in [6, 6.07) is 16.2. The highest BCUT2D eigenvalue weighted by Gasteiger charge is 2.18. The summed E-state index contributed by atoms with van der Waals surface area (Å²) in [4.78, 5) is 13.0.